The van der Waals surface area contributed by atoms with Gasteiger partial charge in [-0.2, -0.15) is 5.10 Å². The van der Waals surface area contributed by atoms with Gasteiger partial charge in [-0.15, -0.1) is 0 Å². The Bertz CT molecular complexity index is 1260. The Balaban J connectivity index is 1.44. The molecule has 34 heavy (non-hydrogen) atoms. The summed E-state index contributed by atoms with van der Waals surface area (Å²) in [7, 11) is 0. The molecule has 1 unspecified atom stereocenters. The van der Waals surface area contributed by atoms with E-state index in [0.29, 0.717) is 17.6 Å². The van der Waals surface area contributed by atoms with E-state index in [0.717, 1.165) is 11.3 Å². The zero-order chi connectivity index (χ0) is 23.9. The molecule has 2 aromatic carbocycles. The average Bonchev–Trinajstić information content (AvgIpc) is 3.52. The van der Waals surface area contributed by atoms with Crippen molar-refractivity contribution in [2.45, 2.75) is 36.9 Å². The first-order valence-corrected chi connectivity index (χ1v) is 10.7. The number of rotatable bonds is 6. The lowest BCUT2D eigenvalue weighted by Crippen LogP contribution is -2.69. The Morgan fingerprint density at radius 1 is 1.06 bits per heavy atom. The minimum atomic E-state index is -2.68. The van der Waals surface area contributed by atoms with Crippen LogP contribution in [0.3, 0.4) is 0 Å². The number of para-hydroxylation sites is 1. The van der Waals surface area contributed by atoms with E-state index >= 15 is 0 Å². The summed E-state index contributed by atoms with van der Waals surface area (Å²) in [6, 6.07) is 14.6. The van der Waals surface area contributed by atoms with Gasteiger partial charge < -0.3 is 39.6 Å². The average molecular weight is 468 g/mol. The molecule has 0 saturated carbocycles. The minimum Gasteiger partial charge on any atom is -0.452 e. The predicted octanol–water partition coefficient (Wildman–Crippen LogP) is -0.231. The van der Waals surface area contributed by atoms with E-state index in [1.54, 1.807) is 40.0 Å². The molecule has 11 nitrogen and oxygen atoms in total. The van der Waals surface area contributed by atoms with Gasteiger partial charge in [-0.1, -0.05) is 18.2 Å². The van der Waals surface area contributed by atoms with E-state index in [1.807, 2.05) is 36.5 Å². The maximum absolute atomic E-state index is 10.9. The molecule has 5 N–H and O–H groups in total. The van der Waals surface area contributed by atoms with E-state index in [1.165, 1.54) is 0 Å². The SMILES string of the molecule is OC[C@H]1OC(O)[C@@](O)(Oc2cccc3ncn(Cc4ccc(-n5cccn5)cc4)c23)[C@@H](O)[C@@H]1O. The molecule has 0 aliphatic carbocycles. The van der Waals surface area contributed by atoms with Gasteiger partial charge in [-0.05, 0) is 35.9 Å². The minimum absolute atomic E-state index is 0.113. The normalized spacial score (nSPS) is 27.2. The molecule has 4 aromatic rings. The van der Waals surface area contributed by atoms with Crippen molar-refractivity contribution in [1.29, 1.82) is 0 Å². The fourth-order valence-electron chi connectivity index (χ4n) is 4.04. The maximum atomic E-state index is 10.9. The summed E-state index contributed by atoms with van der Waals surface area (Å²) in [5.41, 5.74) is 2.94. The predicted molar refractivity (Wildman–Crippen MR) is 118 cm³/mol. The van der Waals surface area contributed by atoms with Crippen LogP contribution < -0.4 is 4.74 Å². The Morgan fingerprint density at radius 2 is 1.85 bits per heavy atom. The molecule has 2 aromatic heterocycles. The summed E-state index contributed by atoms with van der Waals surface area (Å²) in [6.07, 6.45) is -1.77. The van der Waals surface area contributed by atoms with Gasteiger partial charge in [-0.3, -0.25) is 0 Å². The number of benzene rings is 2. The highest BCUT2D eigenvalue weighted by atomic mass is 16.7. The number of imidazole rings is 1. The second kappa shape index (κ2) is 8.80. The summed E-state index contributed by atoms with van der Waals surface area (Å²) in [5.74, 6) is -2.57. The van der Waals surface area contributed by atoms with Gasteiger partial charge in [-0.25, -0.2) is 9.67 Å². The summed E-state index contributed by atoms with van der Waals surface area (Å²) in [5, 5.41) is 55.3. The molecule has 11 heteroatoms. The Hall–Kier alpha value is -3.32. The molecule has 0 amide bonds. The summed E-state index contributed by atoms with van der Waals surface area (Å²) >= 11 is 0. The van der Waals surface area contributed by atoms with Gasteiger partial charge in [0.1, 0.15) is 23.5 Å². The molecule has 1 aliphatic rings. The molecule has 0 radical (unpaired) electrons. The number of ether oxygens (including phenoxy) is 2. The molecular weight excluding hydrogens is 444 g/mol. The van der Waals surface area contributed by atoms with E-state index < -0.39 is 37.0 Å². The van der Waals surface area contributed by atoms with Crippen LogP contribution in [0.25, 0.3) is 16.7 Å². The molecular formula is C23H24N4O7. The smallest absolute Gasteiger partial charge is 0.288 e. The van der Waals surface area contributed by atoms with Crippen molar-refractivity contribution in [3.63, 3.8) is 0 Å². The van der Waals surface area contributed by atoms with Crippen LogP contribution in [0.2, 0.25) is 0 Å². The Labute approximate surface area is 193 Å². The number of hydrogen-bond acceptors (Lipinski definition) is 9. The van der Waals surface area contributed by atoms with Gasteiger partial charge in [0, 0.05) is 18.9 Å². The third-order valence-electron chi connectivity index (χ3n) is 5.90. The lowest BCUT2D eigenvalue weighted by atomic mass is 9.96. The van der Waals surface area contributed by atoms with Crippen LogP contribution in [0.15, 0.2) is 67.3 Å². The molecule has 0 bridgehead atoms. The number of aliphatic hydroxyl groups is 5. The van der Waals surface area contributed by atoms with Crippen LogP contribution in [0.5, 0.6) is 5.75 Å². The number of aromatic nitrogens is 4. The van der Waals surface area contributed by atoms with E-state index in [2.05, 4.69) is 10.1 Å². The van der Waals surface area contributed by atoms with Gasteiger partial charge in [0.15, 0.2) is 6.10 Å². The summed E-state index contributed by atoms with van der Waals surface area (Å²) in [6.45, 7) is -0.238. The molecule has 1 saturated heterocycles. The Morgan fingerprint density at radius 3 is 2.56 bits per heavy atom. The highest BCUT2D eigenvalue weighted by molar-refractivity contribution is 5.82. The zero-order valence-electron chi connectivity index (χ0n) is 17.9. The van der Waals surface area contributed by atoms with Crippen molar-refractivity contribution in [3.05, 3.63) is 72.8 Å². The summed E-state index contributed by atoms with van der Waals surface area (Å²) in [4.78, 5) is 4.38. The van der Waals surface area contributed by atoms with Crippen LogP contribution in [-0.2, 0) is 11.3 Å². The van der Waals surface area contributed by atoms with E-state index in [9.17, 15) is 25.5 Å². The number of fused-ring (bicyclic) bond motifs is 1. The first-order valence-electron chi connectivity index (χ1n) is 10.7. The first-order chi connectivity index (χ1) is 16.4. The lowest BCUT2D eigenvalue weighted by molar-refractivity contribution is -0.385. The largest absolute Gasteiger partial charge is 0.452 e. The third-order valence-corrected chi connectivity index (χ3v) is 5.90. The third kappa shape index (κ3) is 3.84. The quantitative estimate of drug-likeness (QED) is 0.241. The van der Waals surface area contributed by atoms with Crippen molar-refractivity contribution in [1.82, 2.24) is 19.3 Å². The molecule has 178 valence electrons. The maximum Gasteiger partial charge on any atom is 0.288 e. The highest BCUT2D eigenvalue weighted by Gasteiger charge is 2.57. The van der Waals surface area contributed by atoms with Gasteiger partial charge in [0.05, 0.1) is 24.1 Å². The number of nitrogens with zero attached hydrogens (tertiary/aromatic N) is 4. The molecule has 5 rings (SSSR count). The van der Waals surface area contributed by atoms with E-state index in [4.69, 9.17) is 9.47 Å². The fraction of sp³-hybridized carbons (Fsp3) is 0.304. The first kappa shape index (κ1) is 22.5. The zero-order valence-corrected chi connectivity index (χ0v) is 17.9. The molecule has 5 atom stereocenters. The highest BCUT2D eigenvalue weighted by Crippen LogP contribution is 2.35. The topological polar surface area (TPSA) is 155 Å². The Kier molecular flexibility index (Phi) is 5.81. The van der Waals surface area contributed by atoms with Crippen LogP contribution in [0.4, 0.5) is 0 Å². The standard InChI is InChI=1S/C23H24N4O7/c28-12-18-20(29)21(30)23(32,22(31)33-18)34-17-4-1-3-16-19(17)26(13-24-16)11-14-5-7-15(8-6-14)27-10-2-9-25-27/h1-10,13,18,20-22,28-32H,11-12H2/t18-,20-,21+,22?,23+/m1/s1. The van der Waals surface area contributed by atoms with Crippen LogP contribution in [0.1, 0.15) is 5.56 Å². The van der Waals surface area contributed by atoms with Gasteiger partial charge >= 0.3 is 0 Å². The second-order valence-corrected chi connectivity index (χ2v) is 8.11. The van der Waals surface area contributed by atoms with Crippen molar-refractivity contribution in [3.8, 4) is 11.4 Å². The summed E-state index contributed by atoms with van der Waals surface area (Å²) < 4.78 is 14.3. The number of aliphatic hydroxyl groups excluding tert-OH is 4. The molecule has 1 aliphatic heterocycles. The van der Waals surface area contributed by atoms with Crippen molar-refractivity contribution in [2.24, 2.45) is 0 Å². The number of hydrogen-bond donors (Lipinski definition) is 5. The lowest BCUT2D eigenvalue weighted by Gasteiger charge is -2.45. The van der Waals surface area contributed by atoms with Crippen LogP contribution >= 0.6 is 0 Å². The van der Waals surface area contributed by atoms with Gasteiger partial charge in [0.2, 0.25) is 6.29 Å². The molecule has 3 heterocycles. The second-order valence-electron chi connectivity index (χ2n) is 8.11. The van der Waals surface area contributed by atoms with Crippen LogP contribution in [-0.4, -0.2) is 81.9 Å². The van der Waals surface area contributed by atoms with E-state index in [-0.39, 0.29) is 5.75 Å². The van der Waals surface area contributed by atoms with Crippen molar-refractivity contribution >= 4 is 11.0 Å². The molecule has 0 spiro atoms. The van der Waals surface area contributed by atoms with Crippen molar-refractivity contribution < 1.29 is 35.0 Å². The monoisotopic (exact) mass is 468 g/mol. The van der Waals surface area contributed by atoms with Gasteiger partial charge in [0.25, 0.3) is 5.79 Å². The van der Waals surface area contributed by atoms with Crippen molar-refractivity contribution in [2.75, 3.05) is 6.61 Å². The fourth-order valence-corrected chi connectivity index (χ4v) is 4.04. The molecule has 1 fully saturated rings. The van der Waals surface area contributed by atoms with Crippen LogP contribution in [0, 0.1) is 0 Å².